The van der Waals surface area contributed by atoms with Crippen LogP contribution < -0.4 is 5.43 Å². The van der Waals surface area contributed by atoms with E-state index < -0.39 is 29.9 Å². The average Bonchev–Trinajstić information content (AvgIpc) is 2.09. The lowest BCUT2D eigenvalue weighted by atomic mass is 10.2. The van der Waals surface area contributed by atoms with E-state index in [-0.39, 0.29) is 10.2 Å². The van der Waals surface area contributed by atoms with E-state index in [9.17, 15) is 18.4 Å². The van der Waals surface area contributed by atoms with Crippen molar-refractivity contribution in [2.75, 3.05) is 0 Å². The molecular formula is C8H6BrF2NO3. The first-order valence-corrected chi connectivity index (χ1v) is 4.62. The smallest absolute Gasteiger partial charge is 0.309 e. The molecule has 82 valence electrons. The lowest BCUT2D eigenvalue weighted by Gasteiger charge is -2.05. The van der Waals surface area contributed by atoms with Crippen LogP contribution in [0.3, 0.4) is 0 Å². The van der Waals surface area contributed by atoms with Crippen LogP contribution in [-0.4, -0.2) is 16.1 Å². The van der Waals surface area contributed by atoms with Crippen LogP contribution in [0.1, 0.15) is 17.8 Å². The average molecular weight is 282 g/mol. The molecule has 15 heavy (non-hydrogen) atoms. The number of aromatic amines is 1. The number of alkyl halides is 2. The van der Waals surface area contributed by atoms with Crippen molar-refractivity contribution >= 4 is 21.9 Å². The summed E-state index contributed by atoms with van der Waals surface area (Å²) in [5, 5.41) is 8.44. The van der Waals surface area contributed by atoms with Crippen molar-refractivity contribution in [2.24, 2.45) is 0 Å². The molecule has 2 N–H and O–H groups in total. The number of hydrogen-bond donors (Lipinski definition) is 2. The number of rotatable bonds is 3. The van der Waals surface area contributed by atoms with Gasteiger partial charge in [-0.05, 0) is 15.9 Å². The third-order valence-electron chi connectivity index (χ3n) is 1.61. The predicted octanol–water partition coefficient (Wildman–Crippen LogP) is 1.70. The minimum absolute atomic E-state index is 0.0500. The third kappa shape index (κ3) is 2.85. The van der Waals surface area contributed by atoms with Gasteiger partial charge in [0.05, 0.1) is 10.9 Å². The Morgan fingerprint density at radius 1 is 1.60 bits per heavy atom. The van der Waals surface area contributed by atoms with Crippen LogP contribution in [0.4, 0.5) is 8.78 Å². The molecule has 0 amide bonds. The van der Waals surface area contributed by atoms with Gasteiger partial charge in [-0.1, -0.05) is 0 Å². The van der Waals surface area contributed by atoms with Crippen LogP contribution in [-0.2, 0) is 11.2 Å². The number of aliphatic carboxylic acids is 1. The van der Waals surface area contributed by atoms with Gasteiger partial charge in [0.25, 0.3) is 6.43 Å². The lowest BCUT2D eigenvalue weighted by Crippen LogP contribution is -2.13. The van der Waals surface area contributed by atoms with Crippen LogP contribution in [0.15, 0.2) is 15.3 Å². The summed E-state index contributed by atoms with van der Waals surface area (Å²) in [5.74, 6) is -1.20. The zero-order valence-electron chi connectivity index (χ0n) is 7.26. The quantitative estimate of drug-likeness (QED) is 0.886. The van der Waals surface area contributed by atoms with Crippen LogP contribution in [0.5, 0.6) is 0 Å². The van der Waals surface area contributed by atoms with Gasteiger partial charge in [-0.25, -0.2) is 8.78 Å². The van der Waals surface area contributed by atoms with E-state index >= 15 is 0 Å². The van der Waals surface area contributed by atoms with Crippen LogP contribution >= 0.6 is 15.9 Å². The van der Waals surface area contributed by atoms with E-state index in [1.165, 1.54) is 0 Å². The number of halogens is 3. The van der Waals surface area contributed by atoms with Crippen LogP contribution in [0.2, 0.25) is 0 Å². The van der Waals surface area contributed by atoms with Gasteiger partial charge in [-0.3, -0.25) is 9.59 Å². The lowest BCUT2D eigenvalue weighted by molar-refractivity contribution is -0.136. The van der Waals surface area contributed by atoms with E-state index in [0.29, 0.717) is 0 Å². The van der Waals surface area contributed by atoms with Crippen LogP contribution in [0, 0.1) is 0 Å². The highest BCUT2D eigenvalue weighted by atomic mass is 79.9. The Bertz CT molecular complexity index is 444. The molecule has 1 aromatic heterocycles. The molecule has 0 radical (unpaired) electrons. The number of hydrogen-bond acceptors (Lipinski definition) is 2. The largest absolute Gasteiger partial charge is 0.481 e. The molecule has 0 aromatic carbocycles. The Labute approximate surface area is 91.1 Å². The minimum atomic E-state index is -2.86. The zero-order chi connectivity index (χ0) is 11.6. The van der Waals surface area contributed by atoms with Crippen molar-refractivity contribution in [3.63, 3.8) is 0 Å². The number of pyridine rings is 1. The fourth-order valence-electron chi connectivity index (χ4n) is 1.03. The van der Waals surface area contributed by atoms with Gasteiger partial charge in [-0.2, -0.15) is 0 Å². The maximum atomic E-state index is 12.4. The Morgan fingerprint density at radius 3 is 2.67 bits per heavy atom. The van der Waals surface area contributed by atoms with E-state index in [1.54, 1.807) is 0 Å². The van der Waals surface area contributed by atoms with E-state index in [1.807, 2.05) is 0 Å². The number of nitrogens with one attached hydrogen (secondary N) is 1. The molecule has 1 rings (SSSR count). The Balaban J connectivity index is 3.23. The van der Waals surface area contributed by atoms with Crippen LogP contribution in [0.25, 0.3) is 0 Å². The first-order valence-electron chi connectivity index (χ1n) is 3.83. The van der Waals surface area contributed by atoms with Crippen molar-refractivity contribution in [3.05, 3.63) is 32.2 Å². The van der Waals surface area contributed by atoms with Gasteiger partial charge in [0.1, 0.15) is 5.69 Å². The monoisotopic (exact) mass is 281 g/mol. The Morgan fingerprint density at radius 2 is 2.20 bits per heavy atom. The van der Waals surface area contributed by atoms with Crippen molar-refractivity contribution in [1.82, 2.24) is 4.98 Å². The summed E-state index contributed by atoms with van der Waals surface area (Å²) in [4.78, 5) is 23.7. The van der Waals surface area contributed by atoms with Gasteiger partial charge < -0.3 is 10.1 Å². The number of H-pyrrole nitrogens is 1. The molecule has 1 heterocycles. The summed E-state index contributed by atoms with van der Waals surface area (Å²) in [6, 6.07) is 0.976. The van der Waals surface area contributed by atoms with Gasteiger partial charge in [0, 0.05) is 11.8 Å². The maximum Gasteiger partial charge on any atom is 0.309 e. The van der Waals surface area contributed by atoms with Crippen molar-refractivity contribution in [2.45, 2.75) is 12.8 Å². The molecule has 0 aliphatic rings. The Hall–Kier alpha value is -1.24. The second kappa shape index (κ2) is 4.52. The molecule has 0 bridgehead atoms. The number of carboxylic acid groups (broad SMARTS) is 1. The minimum Gasteiger partial charge on any atom is -0.481 e. The van der Waals surface area contributed by atoms with Gasteiger partial charge >= 0.3 is 5.97 Å². The summed E-state index contributed by atoms with van der Waals surface area (Å²) in [6.07, 6.45) is -3.36. The first kappa shape index (κ1) is 11.8. The summed E-state index contributed by atoms with van der Waals surface area (Å²) < 4.78 is 24.5. The highest BCUT2D eigenvalue weighted by molar-refractivity contribution is 9.10. The molecule has 0 aliphatic heterocycles. The fraction of sp³-hybridized carbons (Fsp3) is 0.250. The van der Waals surface area contributed by atoms with Gasteiger partial charge in [0.15, 0.2) is 5.43 Å². The molecule has 0 saturated carbocycles. The number of carbonyl (C=O) groups is 1. The highest BCUT2D eigenvalue weighted by Gasteiger charge is 2.16. The summed E-state index contributed by atoms with van der Waals surface area (Å²) in [7, 11) is 0. The third-order valence-corrected chi connectivity index (χ3v) is 2.43. The summed E-state index contributed by atoms with van der Waals surface area (Å²) >= 11 is 2.71. The molecular weight excluding hydrogens is 276 g/mol. The molecule has 0 aliphatic carbocycles. The predicted molar refractivity (Wildman–Crippen MR) is 51.1 cm³/mol. The first-order chi connectivity index (χ1) is 6.91. The normalized spacial score (nSPS) is 10.7. The summed E-state index contributed by atoms with van der Waals surface area (Å²) in [5.41, 5.74) is -1.31. The highest BCUT2D eigenvalue weighted by Crippen LogP contribution is 2.22. The Kier molecular flexibility index (Phi) is 3.57. The second-order valence-corrected chi connectivity index (χ2v) is 3.55. The molecule has 4 nitrogen and oxygen atoms in total. The van der Waals surface area contributed by atoms with Crippen molar-refractivity contribution in [3.8, 4) is 0 Å². The van der Waals surface area contributed by atoms with E-state index in [0.717, 1.165) is 6.07 Å². The molecule has 0 fully saturated rings. The molecule has 0 saturated heterocycles. The zero-order valence-corrected chi connectivity index (χ0v) is 8.85. The molecule has 0 atom stereocenters. The van der Waals surface area contributed by atoms with E-state index in [2.05, 4.69) is 20.9 Å². The standard InChI is InChI=1S/C8H6BrF2NO3/c9-6-4(13)1-3(2-5(14)15)12-7(6)8(10)11/h1,8H,2H2,(H,12,13)(H,14,15). The van der Waals surface area contributed by atoms with Crippen molar-refractivity contribution < 1.29 is 18.7 Å². The second-order valence-electron chi connectivity index (χ2n) is 2.76. The maximum absolute atomic E-state index is 12.4. The molecule has 1 aromatic rings. The summed E-state index contributed by atoms with van der Waals surface area (Å²) in [6.45, 7) is 0. The molecule has 7 heteroatoms. The fourth-order valence-corrected chi connectivity index (χ4v) is 1.41. The number of carboxylic acids is 1. The van der Waals surface area contributed by atoms with Gasteiger partial charge in [-0.15, -0.1) is 0 Å². The molecule has 0 spiro atoms. The molecule has 0 unspecified atom stereocenters. The van der Waals surface area contributed by atoms with E-state index in [4.69, 9.17) is 5.11 Å². The van der Waals surface area contributed by atoms with Crippen molar-refractivity contribution in [1.29, 1.82) is 0 Å². The topological polar surface area (TPSA) is 70.2 Å². The number of aromatic nitrogens is 1. The van der Waals surface area contributed by atoms with Gasteiger partial charge in [0.2, 0.25) is 0 Å². The SMILES string of the molecule is O=C(O)Cc1cc(=O)c(Br)c(C(F)F)[nH]1.